The Bertz CT molecular complexity index is 440. The molecule has 2 rings (SSSR count). The standard InChI is InChI=1S/C13H16F2N2O2.ClH/c14-13(15)19-11-4-2-1-3-10(11)9-12(18)17-7-5-16-6-8-17;/h1-4,13,16H,5-9H2;1H. The van der Waals surface area contributed by atoms with Gasteiger partial charge in [0, 0.05) is 31.7 Å². The fourth-order valence-electron chi connectivity index (χ4n) is 2.05. The number of carbonyl (C=O) groups excluding carboxylic acids is 1. The Labute approximate surface area is 122 Å². The molecule has 0 radical (unpaired) electrons. The van der Waals surface area contributed by atoms with Gasteiger partial charge in [-0.05, 0) is 6.07 Å². The minimum Gasteiger partial charge on any atom is -0.435 e. The summed E-state index contributed by atoms with van der Waals surface area (Å²) in [7, 11) is 0. The number of ether oxygens (including phenoxy) is 1. The molecule has 1 amide bonds. The van der Waals surface area contributed by atoms with Gasteiger partial charge >= 0.3 is 6.61 Å². The van der Waals surface area contributed by atoms with Gasteiger partial charge in [0.05, 0.1) is 6.42 Å². The van der Waals surface area contributed by atoms with Crippen molar-refractivity contribution in [3.05, 3.63) is 29.8 Å². The van der Waals surface area contributed by atoms with Crippen LogP contribution in [0.3, 0.4) is 0 Å². The highest BCUT2D eigenvalue weighted by Crippen LogP contribution is 2.21. The summed E-state index contributed by atoms with van der Waals surface area (Å²) in [6, 6.07) is 6.40. The van der Waals surface area contributed by atoms with Crippen LogP contribution in [-0.4, -0.2) is 43.6 Å². The Morgan fingerprint density at radius 2 is 1.95 bits per heavy atom. The van der Waals surface area contributed by atoms with E-state index in [4.69, 9.17) is 0 Å². The highest BCUT2D eigenvalue weighted by atomic mass is 35.5. The van der Waals surface area contributed by atoms with E-state index in [9.17, 15) is 13.6 Å². The first-order valence-corrected chi connectivity index (χ1v) is 6.18. The van der Waals surface area contributed by atoms with Gasteiger partial charge in [0.2, 0.25) is 5.91 Å². The topological polar surface area (TPSA) is 41.6 Å². The van der Waals surface area contributed by atoms with Crippen LogP contribution >= 0.6 is 12.4 Å². The third-order valence-corrected chi connectivity index (χ3v) is 3.00. The van der Waals surface area contributed by atoms with Crippen molar-refractivity contribution in [2.24, 2.45) is 0 Å². The zero-order chi connectivity index (χ0) is 13.7. The summed E-state index contributed by atoms with van der Waals surface area (Å²) in [5, 5.41) is 3.15. The molecule has 1 aliphatic rings. The number of benzene rings is 1. The fourth-order valence-corrected chi connectivity index (χ4v) is 2.05. The lowest BCUT2D eigenvalue weighted by Crippen LogP contribution is -2.46. The van der Waals surface area contributed by atoms with E-state index >= 15 is 0 Å². The molecule has 1 heterocycles. The number of piperazine rings is 1. The van der Waals surface area contributed by atoms with Crippen molar-refractivity contribution in [3.63, 3.8) is 0 Å². The van der Waals surface area contributed by atoms with Gasteiger partial charge < -0.3 is 15.0 Å². The number of alkyl halides is 2. The molecule has 1 aromatic rings. The molecule has 0 aliphatic carbocycles. The maximum absolute atomic E-state index is 12.3. The highest BCUT2D eigenvalue weighted by Gasteiger charge is 2.18. The molecule has 0 saturated carbocycles. The summed E-state index contributed by atoms with van der Waals surface area (Å²) in [5.41, 5.74) is 0.492. The summed E-state index contributed by atoms with van der Waals surface area (Å²) in [6.07, 6.45) is 0.0862. The second-order valence-corrected chi connectivity index (χ2v) is 4.29. The zero-order valence-corrected chi connectivity index (χ0v) is 11.7. The van der Waals surface area contributed by atoms with Crippen LogP contribution in [0.25, 0.3) is 0 Å². The van der Waals surface area contributed by atoms with Gasteiger partial charge in [-0.2, -0.15) is 8.78 Å². The number of carbonyl (C=O) groups is 1. The Morgan fingerprint density at radius 3 is 2.60 bits per heavy atom. The first-order chi connectivity index (χ1) is 9.16. The number of amides is 1. The average molecular weight is 307 g/mol. The van der Waals surface area contributed by atoms with Crippen molar-refractivity contribution in [2.45, 2.75) is 13.0 Å². The number of nitrogens with one attached hydrogen (secondary N) is 1. The fraction of sp³-hybridized carbons (Fsp3) is 0.462. The molecule has 7 heteroatoms. The van der Waals surface area contributed by atoms with E-state index in [1.54, 1.807) is 23.1 Å². The Morgan fingerprint density at radius 1 is 1.30 bits per heavy atom. The molecule has 112 valence electrons. The molecule has 0 atom stereocenters. The van der Waals surface area contributed by atoms with E-state index in [2.05, 4.69) is 10.1 Å². The molecule has 0 aromatic heterocycles. The number of nitrogens with zero attached hydrogens (tertiary/aromatic N) is 1. The maximum Gasteiger partial charge on any atom is 0.387 e. The second-order valence-electron chi connectivity index (χ2n) is 4.29. The van der Waals surface area contributed by atoms with E-state index in [-0.39, 0.29) is 30.5 Å². The number of rotatable bonds is 4. The van der Waals surface area contributed by atoms with Gasteiger partial charge in [-0.1, -0.05) is 18.2 Å². The minimum absolute atomic E-state index is 0. The Hall–Kier alpha value is -1.40. The summed E-state index contributed by atoms with van der Waals surface area (Å²) >= 11 is 0. The summed E-state index contributed by atoms with van der Waals surface area (Å²) in [5.74, 6) is 0.00722. The smallest absolute Gasteiger partial charge is 0.387 e. The first kappa shape index (κ1) is 16.7. The van der Waals surface area contributed by atoms with E-state index < -0.39 is 6.61 Å². The average Bonchev–Trinajstić information content (AvgIpc) is 2.41. The van der Waals surface area contributed by atoms with E-state index in [1.165, 1.54) is 6.07 Å². The molecule has 0 bridgehead atoms. The van der Waals surface area contributed by atoms with Gasteiger partial charge in [0.25, 0.3) is 0 Å². The number of para-hydroxylation sites is 1. The molecule has 1 N–H and O–H groups in total. The third kappa shape index (κ3) is 4.61. The Balaban J connectivity index is 0.00000200. The number of halogens is 3. The SMILES string of the molecule is Cl.O=C(Cc1ccccc1OC(F)F)N1CCNCC1. The van der Waals surface area contributed by atoms with Crippen LogP contribution in [0.2, 0.25) is 0 Å². The molecule has 1 aliphatic heterocycles. The van der Waals surface area contributed by atoms with Crippen LogP contribution in [0.5, 0.6) is 5.75 Å². The van der Waals surface area contributed by atoms with Crippen LogP contribution in [0.1, 0.15) is 5.56 Å². The van der Waals surface area contributed by atoms with Crippen molar-refractivity contribution < 1.29 is 18.3 Å². The molecule has 20 heavy (non-hydrogen) atoms. The quantitative estimate of drug-likeness (QED) is 0.920. The molecule has 1 aromatic carbocycles. The monoisotopic (exact) mass is 306 g/mol. The van der Waals surface area contributed by atoms with Crippen LogP contribution < -0.4 is 10.1 Å². The molecule has 0 spiro atoms. The van der Waals surface area contributed by atoms with Crippen LogP contribution in [-0.2, 0) is 11.2 Å². The molecule has 1 saturated heterocycles. The molecule has 1 fully saturated rings. The predicted octanol–water partition coefficient (Wildman–Crippen LogP) is 1.68. The molecular formula is C13H17ClF2N2O2. The van der Waals surface area contributed by atoms with Crippen LogP contribution in [0.4, 0.5) is 8.78 Å². The van der Waals surface area contributed by atoms with Gasteiger partial charge in [0.1, 0.15) is 5.75 Å². The van der Waals surface area contributed by atoms with Crippen molar-refractivity contribution in [3.8, 4) is 5.75 Å². The van der Waals surface area contributed by atoms with Crippen LogP contribution in [0, 0.1) is 0 Å². The largest absolute Gasteiger partial charge is 0.435 e. The van der Waals surface area contributed by atoms with Crippen molar-refractivity contribution in [2.75, 3.05) is 26.2 Å². The highest BCUT2D eigenvalue weighted by molar-refractivity contribution is 5.85. The van der Waals surface area contributed by atoms with E-state index in [1.807, 2.05) is 0 Å². The maximum atomic E-state index is 12.3. The van der Waals surface area contributed by atoms with E-state index in [0.29, 0.717) is 18.7 Å². The number of hydrogen-bond acceptors (Lipinski definition) is 3. The third-order valence-electron chi connectivity index (χ3n) is 3.00. The summed E-state index contributed by atoms with van der Waals surface area (Å²) in [4.78, 5) is 13.8. The van der Waals surface area contributed by atoms with E-state index in [0.717, 1.165) is 13.1 Å². The van der Waals surface area contributed by atoms with Crippen molar-refractivity contribution in [1.29, 1.82) is 0 Å². The predicted molar refractivity (Wildman–Crippen MR) is 73.5 cm³/mol. The summed E-state index contributed by atoms with van der Waals surface area (Å²) in [6.45, 7) is -0.0506. The second kappa shape index (κ2) is 8.01. The van der Waals surface area contributed by atoms with Crippen molar-refractivity contribution >= 4 is 18.3 Å². The first-order valence-electron chi connectivity index (χ1n) is 6.18. The molecule has 4 nitrogen and oxygen atoms in total. The lowest BCUT2D eigenvalue weighted by Gasteiger charge is -2.27. The zero-order valence-electron chi connectivity index (χ0n) is 10.9. The lowest BCUT2D eigenvalue weighted by molar-refractivity contribution is -0.131. The van der Waals surface area contributed by atoms with Gasteiger partial charge in [-0.3, -0.25) is 4.79 Å². The minimum atomic E-state index is -2.88. The molecule has 0 unspecified atom stereocenters. The molecular weight excluding hydrogens is 290 g/mol. The Kier molecular flexibility index (Phi) is 6.67. The normalized spacial score (nSPS) is 14.8. The van der Waals surface area contributed by atoms with Crippen LogP contribution in [0.15, 0.2) is 24.3 Å². The lowest BCUT2D eigenvalue weighted by atomic mass is 10.1. The number of hydrogen-bond donors (Lipinski definition) is 1. The van der Waals surface area contributed by atoms with Gasteiger partial charge in [-0.25, -0.2) is 0 Å². The van der Waals surface area contributed by atoms with Gasteiger partial charge in [0.15, 0.2) is 0 Å². The van der Waals surface area contributed by atoms with Gasteiger partial charge in [-0.15, -0.1) is 12.4 Å². The summed E-state index contributed by atoms with van der Waals surface area (Å²) < 4.78 is 29.0. The van der Waals surface area contributed by atoms with Crippen molar-refractivity contribution in [1.82, 2.24) is 10.2 Å².